The lowest BCUT2D eigenvalue weighted by Crippen LogP contribution is -2.12. The third-order valence-corrected chi connectivity index (χ3v) is 3.82. The minimum Gasteiger partial charge on any atom is -0.317 e. The van der Waals surface area contributed by atoms with Crippen LogP contribution in [-0.2, 0) is 6.54 Å². The van der Waals surface area contributed by atoms with E-state index < -0.39 is 0 Å². The molecule has 4 heteroatoms. The molecule has 1 aromatic heterocycles. The van der Waals surface area contributed by atoms with Crippen LogP contribution in [-0.4, -0.2) is 4.57 Å². The SMILES string of the molecule is Br.CCCCCCn1c(=N)sc2ccccc21. The molecule has 0 aliphatic heterocycles. The number of nitrogens with one attached hydrogen (secondary N) is 1. The molecule has 1 aromatic carbocycles. The van der Waals surface area contributed by atoms with Crippen LogP contribution in [0.1, 0.15) is 32.6 Å². The van der Waals surface area contributed by atoms with Gasteiger partial charge in [0.1, 0.15) is 0 Å². The fraction of sp³-hybridized carbons (Fsp3) is 0.462. The number of aryl methyl sites for hydroxylation is 1. The molecule has 0 unspecified atom stereocenters. The van der Waals surface area contributed by atoms with Crippen molar-refractivity contribution in [1.29, 1.82) is 5.41 Å². The van der Waals surface area contributed by atoms with E-state index in [4.69, 9.17) is 5.41 Å². The molecule has 0 amide bonds. The van der Waals surface area contributed by atoms with Crippen LogP contribution in [0.25, 0.3) is 10.2 Å². The van der Waals surface area contributed by atoms with E-state index in [1.54, 1.807) is 11.3 Å². The predicted molar refractivity (Wildman–Crippen MR) is 80.1 cm³/mol. The quantitative estimate of drug-likeness (QED) is 0.795. The van der Waals surface area contributed by atoms with Crippen LogP contribution in [0.5, 0.6) is 0 Å². The highest BCUT2D eigenvalue weighted by Gasteiger charge is 2.03. The summed E-state index contributed by atoms with van der Waals surface area (Å²) in [5.41, 5.74) is 1.22. The van der Waals surface area contributed by atoms with Crippen molar-refractivity contribution in [3.8, 4) is 0 Å². The molecule has 94 valence electrons. The molecule has 17 heavy (non-hydrogen) atoms. The second-order valence-corrected chi connectivity index (χ2v) is 5.12. The maximum Gasteiger partial charge on any atom is 0.182 e. The number of rotatable bonds is 5. The maximum atomic E-state index is 7.96. The number of benzene rings is 1. The zero-order valence-electron chi connectivity index (χ0n) is 10.1. The molecule has 0 aliphatic rings. The summed E-state index contributed by atoms with van der Waals surface area (Å²) in [4.78, 5) is 0.678. The van der Waals surface area contributed by atoms with Gasteiger partial charge in [-0.05, 0) is 18.6 Å². The molecule has 2 aromatic rings. The summed E-state index contributed by atoms with van der Waals surface area (Å²) in [6, 6.07) is 8.31. The summed E-state index contributed by atoms with van der Waals surface area (Å²) in [5.74, 6) is 0. The molecule has 0 spiro atoms. The van der Waals surface area contributed by atoms with Crippen LogP contribution < -0.4 is 4.80 Å². The summed E-state index contributed by atoms with van der Waals surface area (Å²) in [5, 5.41) is 7.96. The van der Waals surface area contributed by atoms with Crippen molar-refractivity contribution in [1.82, 2.24) is 4.57 Å². The predicted octanol–water partition coefficient (Wildman–Crippen LogP) is 4.34. The second-order valence-electron chi connectivity index (χ2n) is 4.09. The number of hydrogen-bond donors (Lipinski definition) is 1. The molecular formula is C13H19BrN2S. The molecule has 0 atom stereocenters. The van der Waals surface area contributed by atoms with Crippen molar-refractivity contribution in [3.63, 3.8) is 0 Å². The molecule has 0 aliphatic carbocycles. The fourth-order valence-corrected chi connectivity index (χ4v) is 2.89. The topological polar surface area (TPSA) is 28.8 Å². The normalized spacial score (nSPS) is 10.4. The van der Waals surface area contributed by atoms with Crippen LogP contribution in [0, 0.1) is 5.41 Å². The van der Waals surface area contributed by atoms with Gasteiger partial charge in [-0.2, -0.15) is 0 Å². The summed E-state index contributed by atoms with van der Waals surface area (Å²) in [6.07, 6.45) is 5.02. The van der Waals surface area contributed by atoms with E-state index in [2.05, 4.69) is 29.7 Å². The molecule has 0 radical (unpaired) electrons. The Labute approximate surface area is 117 Å². The summed E-state index contributed by atoms with van der Waals surface area (Å²) < 4.78 is 3.36. The van der Waals surface area contributed by atoms with E-state index in [9.17, 15) is 0 Å². The number of hydrogen-bond acceptors (Lipinski definition) is 2. The Balaban J connectivity index is 0.00000144. The molecule has 1 heterocycles. The Kier molecular flexibility index (Phi) is 5.92. The third-order valence-electron chi connectivity index (χ3n) is 2.84. The average Bonchev–Trinajstić information content (AvgIpc) is 2.61. The molecule has 0 saturated carbocycles. The van der Waals surface area contributed by atoms with Gasteiger partial charge in [0.15, 0.2) is 4.80 Å². The van der Waals surface area contributed by atoms with E-state index in [-0.39, 0.29) is 17.0 Å². The first-order valence-electron chi connectivity index (χ1n) is 5.96. The van der Waals surface area contributed by atoms with Crippen LogP contribution in [0.4, 0.5) is 0 Å². The minimum atomic E-state index is 0. The second kappa shape index (κ2) is 6.97. The van der Waals surface area contributed by atoms with Gasteiger partial charge >= 0.3 is 0 Å². The molecule has 0 fully saturated rings. The molecule has 2 nitrogen and oxygen atoms in total. The van der Waals surface area contributed by atoms with Crippen LogP contribution in [0.2, 0.25) is 0 Å². The Morgan fingerprint density at radius 1 is 1.18 bits per heavy atom. The van der Waals surface area contributed by atoms with Gasteiger partial charge in [-0.3, -0.25) is 5.41 Å². The minimum absolute atomic E-state index is 0. The summed E-state index contributed by atoms with van der Waals surface area (Å²) >= 11 is 1.57. The molecule has 1 N–H and O–H groups in total. The molecule has 2 rings (SSSR count). The number of unbranched alkanes of at least 4 members (excludes halogenated alkanes) is 3. The Morgan fingerprint density at radius 2 is 1.94 bits per heavy atom. The van der Waals surface area contributed by atoms with Gasteiger partial charge in [0.05, 0.1) is 10.2 Å². The van der Waals surface area contributed by atoms with E-state index in [0.717, 1.165) is 6.54 Å². The van der Waals surface area contributed by atoms with Crippen molar-refractivity contribution < 1.29 is 0 Å². The summed E-state index contributed by atoms with van der Waals surface area (Å²) in [6.45, 7) is 3.21. The smallest absolute Gasteiger partial charge is 0.182 e. The average molecular weight is 315 g/mol. The summed E-state index contributed by atoms with van der Waals surface area (Å²) in [7, 11) is 0. The lowest BCUT2D eigenvalue weighted by molar-refractivity contribution is 0.582. The van der Waals surface area contributed by atoms with Gasteiger partial charge in [0.25, 0.3) is 0 Å². The highest BCUT2D eigenvalue weighted by Crippen LogP contribution is 2.17. The van der Waals surface area contributed by atoms with Gasteiger partial charge < -0.3 is 4.57 Å². The Hall–Kier alpha value is -0.610. The van der Waals surface area contributed by atoms with Crippen molar-refractivity contribution in [3.05, 3.63) is 29.1 Å². The van der Waals surface area contributed by atoms with Gasteiger partial charge in [-0.25, -0.2) is 0 Å². The number of nitrogens with zero attached hydrogens (tertiary/aromatic N) is 1. The van der Waals surface area contributed by atoms with E-state index >= 15 is 0 Å². The third kappa shape index (κ3) is 3.42. The van der Waals surface area contributed by atoms with Gasteiger partial charge in [0.2, 0.25) is 0 Å². The van der Waals surface area contributed by atoms with E-state index in [1.807, 2.05) is 6.07 Å². The standard InChI is InChI=1S/C13H18N2S.BrH/c1-2-3-4-7-10-15-11-8-5-6-9-12(11)16-13(15)14;/h5-6,8-9,14H,2-4,7,10H2,1H3;1H. The van der Waals surface area contributed by atoms with Gasteiger partial charge in [-0.1, -0.05) is 49.7 Å². The van der Waals surface area contributed by atoms with Crippen molar-refractivity contribution in [2.45, 2.75) is 39.2 Å². The van der Waals surface area contributed by atoms with E-state index in [1.165, 1.54) is 35.9 Å². The number of halogens is 1. The first-order valence-corrected chi connectivity index (χ1v) is 6.77. The zero-order valence-corrected chi connectivity index (χ0v) is 12.6. The number of thiazole rings is 1. The van der Waals surface area contributed by atoms with Crippen molar-refractivity contribution in [2.75, 3.05) is 0 Å². The van der Waals surface area contributed by atoms with Gasteiger partial charge in [0, 0.05) is 6.54 Å². The largest absolute Gasteiger partial charge is 0.317 e. The number of para-hydroxylation sites is 1. The fourth-order valence-electron chi connectivity index (χ4n) is 1.95. The molecule has 0 bridgehead atoms. The van der Waals surface area contributed by atoms with Crippen LogP contribution in [0.3, 0.4) is 0 Å². The lowest BCUT2D eigenvalue weighted by Gasteiger charge is -2.03. The van der Waals surface area contributed by atoms with Crippen LogP contribution in [0.15, 0.2) is 24.3 Å². The maximum absolute atomic E-state index is 7.96. The first kappa shape index (κ1) is 14.5. The molecule has 0 saturated heterocycles. The highest BCUT2D eigenvalue weighted by atomic mass is 79.9. The van der Waals surface area contributed by atoms with Crippen LogP contribution >= 0.6 is 28.3 Å². The Morgan fingerprint density at radius 3 is 2.71 bits per heavy atom. The number of aromatic nitrogens is 1. The van der Waals surface area contributed by atoms with Gasteiger partial charge in [-0.15, -0.1) is 17.0 Å². The zero-order chi connectivity index (χ0) is 11.4. The highest BCUT2D eigenvalue weighted by molar-refractivity contribution is 8.93. The first-order chi connectivity index (χ1) is 7.83. The monoisotopic (exact) mass is 314 g/mol. The molecular weight excluding hydrogens is 296 g/mol. The van der Waals surface area contributed by atoms with E-state index in [0.29, 0.717) is 4.80 Å². The van der Waals surface area contributed by atoms with Crippen molar-refractivity contribution in [2.24, 2.45) is 0 Å². The number of fused-ring (bicyclic) bond motifs is 1. The lowest BCUT2D eigenvalue weighted by atomic mass is 10.2. The van der Waals surface area contributed by atoms with Crippen molar-refractivity contribution >= 4 is 38.5 Å². The Bertz CT molecular complexity index is 515.